The molecule has 0 heterocycles. The normalized spacial score (nSPS) is 12.0. The molecule has 0 aliphatic rings. The summed E-state index contributed by atoms with van der Waals surface area (Å²) in [7, 11) is -2.65. The SMILES string of the molecule is CNC(=O)[C@H](C)N(Cc1c(Cl)cccc1Cl)C(=O)CN(c1ccccc1)S(=O)(=O)c1ccc(C)cc1. The first-order valence-electron chi connectivity index (χ1n) is 11.1. The Morgan fingerprint density at radius 3 is 2.06 bits per heavy atom. The number of carbonyl (C=O) groups is 2. The van der Waals surface area contributed by atoms with E-state index in [2.05, 4.69) is 5.32 Å². The molecule has 0 aromatic heterocycles. The number of sulfonamides is 1. The van der Waals surface area contributed by atoms with E-state index in [-0.39, 0.29) is 11.4 Å². The highest BCUT2D eigenvalue weighted by atomic mass is 35.5. The molecule has 3 aromatic carbocycles. The van der Waals surface area contributed by atoms with Crippen molar-refractivity contribution in [3.63, 3.8) is 0 Å². The van der Waals surface area contributed by atoms with E-state index in [1.165, 1.54) is 24.1 Å². The molecular formula is C26H27Cl2N3O4S. The average molecular weight is 548 g/mol. The second-order valence-electron chi connectivity index (χ2n) is 8.17. The third-order valence-corrected chi connectivity index (χ3v) is 8.23. The van der Waals surface area contributed by atoms with Gasteiger partial charge in [0.05, 0.1) is 10.6 Å². The number of hydrogen-bond acceptors (Lipinski definition) is 4. The fraction of sp³-hybridized carbons (Fsp3) is 0.231. The average Bonchev–Trinajstić information content (AvgIpc) is 2.86. The van der Waals surface area contributed by atoms with E-state index in [1.807, 2.05) is 6.92 Å². The summed E-state index contributed by atoms with van der Waals surface area (Å²) < 4.78 is 28.4. The van der Waals surface area contributed by atoms with Crippen molar-refractivity contribution in [2.75, 3.05) is 17.9 Å². The number of rotatable bonds is 9. The van der Waals surface area contributed by atoms with Gasteiger partial charge in [0, 0.05) is 29.2 Å². The Balaban J connectivity index is 2.04. The van der Waals surface area contributed by atoms with Crippen LogP contribution in [0.1, 0.15) is 18.1 Å². The van der Waals surface area contributed by atoms with Gasteiger partial charge in [0.1, 0.15) is 12.6 Å². The van der Waals surface area contributed by atoms with Crippen molar-refractivity contribution in [2.24, 2.45) is 0 Å². The Labute approximate surface area is 221 Å². The summed E-state index contributed by atoms with van der Waals surface area (Å²) in [5.74, 6) is -1.01. The number of benzene rings is 3. The molecule has 0 aliphatic heterocycles. The summed E-state index contributed by atoms with van der Waals surface area (Å²) in [5.41, 5.74) is 1.67. The number of nitrogens with zero attached hydrogens (tertiary/aromatic N) is 2. The van der Waals surface area contributed by atoms with Gasteiger partial charge >= 0.3 is 0 Å². The van der Waals surface area contributed by atoms with Gasteiger partial charge < -0.3 is 10.2 Å². The predicted molar refractivity (Wildman–Crippen MR) is 143 cm³/mol. The molecule has 0 unspecified atom stereocenters. The third-order valence-electron chi connectivity index (χ3n) is 5.74. The van der Waals surface area contributed by atoms with Crippen molar-refractivity contribution >= 4 is 50.7 Å². The Bertz CT molecular complexity index is 1310. The lowest BCUT2D eigenvalue weighted by atomic mass is 10.1. The summed E-state index contributed by atoms with van der Waals surface area (Å²) in [6.45, 7) is 2.79. The molecule has 1 atom stereocenters. The van der Waals surface area contributed by atoms with Crippen LogP contribution in [0.15, 0.2) is 77.7 Å². The highest BCUT2D eigenvalue weighted by Crippen LogP contribution is 2.28. The van der Waals surface area contributed by atoms with Crippen molar-refractivity contribution in [1.82, 2.24) is 10.2 Å². The van der Waals surface area contributed by atoms with E-state index >= 15 is 0 Å². The zero-order valence-corrected chi connectivity index (χ0v) is 22.4. The molecular weight excluding hydrogens is 521 g/mol. The molecule has 10 heteroatoms. The van der Waals surface area contributed by atoms with Gasteiger partial charge in [0.25, 0.3) is 10.0 Å². The van der Waals surface area contributed by atoms with Gasteiger partial charge in [0.15, 0.2) is 0 Å². The van der Waals surface area contributed by atoms with Gasteiger partial charge in [-0.1, -0.05) is 65.2 Å². The number of hydrogen-bond donors (Lipinski definition) is 1. The predicted octanol–water partition coefficient (Wildman–Crippen LogP) is 4.66. The maximum absolute atomic E-state index is 13.7. The Morgan fingerprint density at radius 2 is 1.50 bits per heavy atom. The zero-order chi connectivity index (χ0) is 26.5. The van der Waals surface area contributed by atoms with Crippen LogP contribution in [0.4, 0.5) is 5.69 Å². The highest BCUT2D eigenvalue weighted by molar-refractivity contribution is 7.92. The van der Waals surface area contributed by atoms with Crippen LogP contribution in [0, 0.1) is 6.92 Å². The summed E-state index contributed by atoms with van der Waals surface area (Å²) in [6, 6.07) is 18.7. The van der Waals surface area contributed by atoms with E-state index in [4.69, 9.17) is 23.2 Å². The number of nitrogens with one attached hydrogen (secondary N) is 1. The maximum Gasteiger partial charge on any atom is 0.264 e. The number of carbonyl (C=O) groups excluding carboxylic acids is 2. The molecule has 0 fully saturated rings. The highest BCUT2D eigenvalue weighted by Gasteiger charge is 2.32. The van der Waals surface area contributed by atoms with Crippen molar-refractivity contribution in [1.29, 1.82) is 0 Å². The van der Waals surface area contributed by atoms with Crippen molar-refractivity contribution in [3.8, 4) is 0 Å². The Morgan fingerprint density at radius 1 is 0.917 bits per heavy atom. The van der Waals surface area contributed by atoms with Gasteiger partial charge in [-0.15, -0.1) is 0 Å². The minimum atomic E-state index is -4.11. The van der Waals surface area contributed by atoms with Gasteiger partial charge in [-0.25, -0.2) is 8.42 Å². The van der Waals surface area contributed by atoms with Gasteiger partial charge in [-0.05, 0) is 50.2 Å². The topological polar surface area (TPSA) is 86.8 Å². The van der Waals surface area contributed by atoms with Crippen molar-refractivity contribution in [3.05, 3.63) is 94.0 Å². The Hall–Kier alpha value is -3.07. The van der Waals surface area contributed by atoms with E-state index < -0.39 is 34.4 Å². The molecule has 190 valence electrons. The molecule has 3 rings (SSSR count). The molecule has 0 radical (unpaired) electrons. The van der Waals surface area contributed by atoms with Crippen LogP contribution >= 0.6 is 23.2 Å². The minimum absolute atomic E-state index is 0.0461. The lowest BCUT2D eigenvalue weighted by Crippen LogP contribution is -2.50. The van der Waals surface area contributed by atoms with E-state index in [0.29, 0.717) is 21.3 Å². The molecule has 0 aliphatic carbocycles. The molecule has 2 amide bonds. The summed E-state index contributed by atoms with van der Waals surface area (Å²) >= 11 is 12.7. The van der Waals surface area contributed by atoms with E-state index in [0.717, 1.165) is 9.87 Å². The quantitative estimate of drug-likeness (QED) is 0.422. The minimum Gasteiger partial charge on any atom is -0.357 e. The number of aryl methyl sites for hydroxylation is 1. The first-order chi connectivity index (χ1) is 17.1. The van der Waals surface area contributed by atoms with Crippen LogP contribution in [0.2, 0.25) is 10.0 Å². The Kier molecular flexibility index (Phi) is 9.00. The van der Waals surface area contributed by atoms with E-state index in [9.17, 15) is 18.0 Å². The van der Waals surface area contributed by atoms with E-state index in [1.54, 1.807) is 67.6 Å². The monoisotopic (exact) mass is 547 g/mol. The van der Waals surface area contributed by atoms with Crippen molar-refractivity contribution < 1.29 is 18.0 Å². The van der Waals surface area contributed by atoms with Gasteiger partial charge in [-0.2, -0.15) is 0 Å². The molecule has 36 heavy (non-hydrogen) atoms. The van der Waals surface area contributed by atoms with Crippen LogP contribution in [0.3, 0.4) is 0 Å². The van der Waals surface area contributed by atoms with Crippen LogP contribution < -0.4 is 9.62 Å². The first-order valence-corrected chi connectivity index (χ1v) is 13.3. The summed E-state index contributed by atoms with van der Waals surface area (Å²) in [5, 5.41) is 3.19. The number of likely N-dealkylation sites (N-methyl/N-ethyl adjacent to an activating group) is 1. The molecule has 1 N–H and O–H groups in total. The van der Waals surface area contributed by atoms with Gasteiger partial charge in [-0.3, -0.25) is 13.9 Å². The number of anilines is 1. The summed E-state index contributed by atoms with van der Waals surface area (Å²) in [4.78, 5) is 27.5. The largest absolute Gasteiger partial charge is 0.357 e. The van der Waals surface area contributed by atoms with Crippen LogP contribution in [-0.2, 0) is 26.2 Å². The molecule has 0 saturated heterocycles. The maximum atomic E-state index is 13.7. The lowest BCUT2D eigenvalue weighted by molar-refractivity contribution is -0.139. The van der Waals surface area contributed by atoms with Crippen LogP contribution in [0.25, 0.3) is 0 Å². The molecule has 0 spiro atoms. The van der Waals surface area contributed by atoms with Crippen molar-refractivity contribution in [2.45, 2.75) is 31.3 Å². The van der Waals surface area contributed by atoms with Gasteiger partial charge in [0.2, 0.25) is 11.8 Å². The number of para-hydroxylation sites is 1. The fourth-order valence-electron chi connectivity index (χ4n) is 3.61. The zero-order valence-electron chi connectivity index (χ0n) is 20.1. The third kappa shape index (κ3) is 6.19. The lowest BCUT2D eigenvalue weighted by Gasteiger charge is -2.32. The first kappa shape index (κ1) is 27.5. The molecule has 0 saturated carbocycles. The van der Waals surface area contributed by atoms with Crippen LogP contribution in [0.5, 0.6) is 0 Å². The molecule has 0 bridgehead atoms. The second-order valence-corrected chi connectivity index (χ2v) is 10.8. The standard InChI is InChI=1S/C26H27Cl2N3O4S/c1-18-12-14-21(15-13-18)36(34,35)31(20-8-5-4-6-9-20)17-25(32)30(19(2)26(33)29-3)16-22-23(27)10-7-11-24(22)28/h4-15,19H,16-17H2,1-3H3,(H,29,33)/t19-/m0/s1. The number of halogens is 2. The van der Waals surface area contributed by atoms with Crippen LogP contribution in [-0.4, -0.2) is 44.8 Å². The number of amides is 2. The second kappa shape index (κ2) is 11.8. The fourth-order valence-corrected chi connectivity index (χ4v) is 5.54. The molecule has 7 nitrogen and oxygen atoms in total. The molecule has 3 aromatic rings. The smallest absolute Gasteiger partial charge is 0.264 e. The summed E-state index contributed by atoms with van der Waals surface area (Å²) in [6.07, 6.45) is 0.